The van der Waals surface area contributed by atoms with Gasteiger partial charge in [-0.3, -0.25) is 4.79 Å². The molecule has 5 nitrogen and oxygen atoms in total. The van der Waals surface area contributed by atoms with Crippen molar-refractivity contribution in [3.8, 4) is 0 Å². The lowest BCUT2D eigenvalue weighted by Crippen LogP contribution is -2.51. The number of benzene rings is 1. The summed E-state index contributed by atoms with van der Waals surface area (Å²) in [7, 11) is 0. The standard InChI is InChI=1S/C16H21N3O2/c17-15(18-21)14-8-4-5-9-19(14)16(20)13-10-12(13)11-6-2-1-3-7-11/h1-3,6-7,12-14,21H,4-5,8-10H2,(H2,17,18). The summed E-state index contributed by atoms with van der Waals surface area (Å²) in [6, 6.07) is 9.92. The number of carbonyl (C=O) groups is 1. The van der Waals surface area contributed by atoms with E-state index in [9.17, 15) is 4.79 Å². The minimum absolute atomic E-state index is 0.0551. The second-order valence-corrected chi connectivity index (χ2v) is 5.93. The van der Waals surface area contributed by atoms with Gasteiger partial charge in [-0.15, -0.1) is 0 Å². The van der Waals surface area contributed by atoms with Crippen LogP contribution in [0.1, 0.15) is 37.2 Å². The number of amidine groups is 1. The zero-order chi connectivity index (χ0) is 14.8. The van der Waals surface area contributed by atoms with Gasteiger partial charge in [0.2, 0.25) is 5.91 Å². The molecule has 1 saturated heterocycles. The van der Waals surface area contributed by atoms with Crippen LogP contribution in [0.2, 0.25) is 0 Å². The van der Waals surface area contributed by atoms with E-state index >= 15 is 0 Å². The molecule has 112 valence electrons. The lowest BCUT2D eigenvalue weighted by Gasteiger charge is -2.35. The maximum atomic E-state index is 12.7. The number of amides is 1. The van der Waals surface area contributed by atoms with Gasteiger partial charge in [-0.1, -0.05) is 35.5 Å². The molecule has 1 saturated carbocycles. The molecule has 1 aliphatic heterocycles. The van der Waals surface area contributed by atoms with E-state index in [0.717, 1.165) is 25.7 Å². The predicted octanol–water partition coefficient (Wildman–Crippen LogP) is 1.92. The largest absolute Gasteiger partial charge is 0.409 e. The van der Waals surface area contributed by atoms with Gasteiger partial charge in [0.15, 0.2) is 5.84 Å². The van der Waals surface area contributed by atoms with Crippen LogP contribution in [-0.4, -0.2) is 34.4 Å². The molecule has 3 N–H and O–H groups in total. The Morgan fingerprint density at radius 1 is 1.29 bits per heavy atom. The first kappa shape index (κ1) is 13.9. The van der Waals surface area contributed by atoms with Crippen molar-refractivity contribution in [3.05, 3.63) is 35.9 Å². The normalized spacial score (nSPS) is 29.2. The Hall–Kier alpha value is -2.04. The van der Waals surface area contributed by atoms with Crippen LogP contribution in [0.25, 0.3) is 0 Å². The molecule has 1 aliphatic carbocycles. The van der Waals surface area contributed by atoms with E-state index in [4.69, 9.17) is 10.9 Å². The maximum Gasteiger partial charge on any atom is 0.226 e. The van der Waals surface area contributed by atoms with Gasteiger partial charge >= 0.3 is 0 Å². The van der Waals surface area contributed by atoms with E-state index in [1.807, 2.05) is 23.1 Å². The average molecular weight is 287 g/mol. The monoisotopic (exact) mass is 287 g/mol. The van der Waals surface area contributed by atoms with Crippen LogP contribution in [0.3, 0.4) is 0 Å². The number of rotatable bonds is 3. The van der Waals surface area contributed by atoms with Gasteiger partial charge in [0.25, 0.3) is 0 Å². The van der Waals surface area contributed by atoms with Gasteiger partial charge in [0.1, 0.15) is 0 Å². The molecule has 3 rings (SSSR count). The number of nitrogens with two attached hydrogens (primary N) is 1. The van der Waals surface area contributed by atoms with Crippen molar-refractivity contribution in [2.45, 2.75) is 37.6 Å². The third-order valence-corrected chi connectivity index (χ3v) is 4.58. The van der Waals surface area contributed by atoms with E-state index < -0.39 is 0 Å². The fourth-order valence-corrected chi connectivity index (χ4v) is 3.32. The van der Waals surface area contributed by atoms with Crippen LogP contribution in [0, 0.1) is 5.92 Å². The van der Waals surface area contributed by atoms with E-state index in [-0.39, 0.29) is 23.7 Å². The number of oxime groups is 1. The summed E-state index contributed by atoms with van der Waals surface area (Å²) < 4.78 is 0. The lowest BCUT2D eigenvalue weighted by atomic mass is 10.00. The Balaban J connectivity index is 1.70. The van der Waals surface area contributed by atoms with Crippen LogP contribution < -0.4 is 5.73 Å². The maximum absolute atomic E-state index is 12.7. The SMILES string of the molecule is N/C(=N/O)C1CCCCN1C(=O)C1CC1c1ccccc1. The fraction of sp³-hybridized carbons (Fsp3) is 0.500. The highest BCUT2D eigenvalue weighted by molar-refractivity contribution is 5.92. The summed E-state index contributed by atoms with van der Waals surface area (Å²) in [5.41, 5.74) is 6.98. The molecule has 1 heterocycles. The number of hydrogen-bond donors (Lipinski definition) is 2. The number of hydrogen-bond acceptors (Lipinski definition) is 3. The molecule has 0 aromatic heterocycles. The molecule has 0 radical (unpaired) electrons. The first-order chi connectivity index (χ1) is 10.2. The summed E-state index contributed by atoms with van der Waals surface area (Å²) in [4.78, 5) is 14.5. The Kier molecular flexibility index (Phi) is 3.82. The quantitative estimate of drug-likeness (QED) is 0.386. The molecule has 0 bridgehead atoms. The van der Waals surface area contributed by atoms with E-state index in [0.29, 0.717) is 12.5 Å². The smallest absolute Gasteiger partial charge is 0.226 e. The average Bonchev–Trinajstić information content (AvgIpc) is 3.35. The van der Waals surface area contributed by atoms with E-state index in [1.165, 1.54) is 5.56 Å². The second kappa shape index (κ2) is 5.76. The van der Waals surface area contributed by atoms with Crippen molar-refractivity contribution in [1.29, 1.82) is 0 Å². The van der Waals surface area contributed by atoms with Crippen LogP contribution in [0.15, 0.2) is 35.5 Å². The summed E-state index contributed by atoms with van der Waals surface area (Å²) in [6.45, 7) is 0.706. The van der Waals surface area contributed by atoms with Crippen LogP contribution in [0.4, 0.5) is 0 Å². The zero-order valence-electron chi connectivity index (χ0n) is 12.0. The molecule has 0 spiro atoms. The molecule has 3 unspecified atom stereocenters. The van der Waals surface area contributed by atoms with Gasteiger partial charge in [-0.2, -0.15) is 0 Å². The highest BCUT2D eigenvalue weighted by atomic mass is 16.4. The molecule has 1 aromatic carbocycles. The molecule has 21 heavy (non-hydrogen) atoms. The summed E-state index contributed by atoms with van der Waals surface area (Å²) >= 11 is 0. The van der Waals surface area contributed by atoms with Crippen molar-refractivity contribution < 1.29 is 10.0 Å². The van der Waals surface area contributed by atoms with E-state index in [2.05, 4.69) is 17.3 Å². The predicted molar refractivity (Wildman–Crippen MR) is 80.1 cm³/mol. The Labute approximate surface area is 124 Å². The topological polar surface area (TPSA) is 78.9 Å². The van der Waals surface area contributed by atoms with Gasteiger partial charge in [-0.25, -0.2) is 0 Å². The third kappa shape index (κ3) is 2.73. The van der Waals surface area contributed by atoms with Crippen molar-refractivity contribution in [2.75, 3.05) is 6.54 Å². The van der Waals surface area contributed by atoms with Gasteiger partial charge in [0, 0.05) is 12.5 Å². The second-order valence-electron chi connectivity index (χ2n) is 5.93. The Bertz CT molecular complexity index is 544. The first-order valence-electron chi connectivity index (χ1n) is 7.55. The van der Waals surface area contributed by atoms with Crippen LogP contribution in [-0.2, 0) is 4.79 Å². The fourth-order valence-electron chi connectivity index (χ4n) is 3.32. The molecule has 2 aliphatic rings. The molecule has 5 heteroatoms. The lowest BCUT2D eigenvalue weighted by molar-refractivity contribution is -0.134. The van der Waals surface area contributed by atoms with Crippen LogP contribution >= 0.6 is 0 Å². The molecular weight excluding hydrogens is 266 g/mol. The minimum Gasteiger partial charge on any atom is -0.409 e. The van der Waals surface area contributed by atoms with Crippen molar-refractivity contribution in [1.82, 2.24) is 4.90 Å². The van der Waals surface area contributed by atoms with Gasteiger partial charge in [0.05, 0.1) is 6.04 Å². The van der Waals surface area contributed by atoms with Gasteiger partial charge < -0.3 is 15.8 Å². The summed E-state index contributed by atoms with van der Waals surface area (Å²) in [6.07, 6.45) is 3.69. The Morgan fingerprint density at radius 3 is 2.76 bits per heavy atom. The molecule has 2 fully saturated rings. The van der Waals surface area contributed by atoms with Crippen molar-refractivity contribution in [3.63, 3.8) is 0 Å². The van der Waals surface area contributed by atoms with Gasteiger partial charge in [-0.05, 0) is 37.2 Å². The zero-order valence-corrected chi connectivity index (χ0v) is 12.0. The number of likely N-dealkylation sites (tertiary alicyclic amines) is 1. The van der Waals surface area contributed by atoms with E-state index in [1.54, 1.807) is 0 Å². The summed E-state index contributed by atoms with van der Waals surface area (Å²) in [5.74, 6) is 0.688. The third-order valence-electron chi connectivity index (χ3n) is 4.58. The highest BCUT2D eigenvalue weighted by Gasteiger charge is 2.47. The molecule has 1 amide bonds. The highest BCUT2D eigenvalue weighted by Crippen LogP contribution is 2.48. The number of nitrogens with zero attached hydrogens (tertiary/aromatic N) is 2. The van der Waals surface area contributed by atoms with Crippen molar-refractivity contribution in [2.24, 2.45) is 16.8 Å². The van der Waals surface area contributed by atoms with Crippen molar-refractivity contribution >= 4 is 11.7 Å². The number of piperidine rings is 1. The number of carbonyl (C=O) groups excluding carboxylic acids is 1. The summed E-state index contributed by atoms with van der Waals surface area (Å²) in [5, 5.41) is 12.0. The first-order valence-corrected chi connectivity index (χ1v) is 7.55. The molecular formula is C16H21N3O2. The molecule has 3 atom stereocenters. The minimum atomic E-state index is -0.242. The Morgan fingerprint density at radius 2 is 2.05 bits per heavy atom. The van der Waals surface area contributed by atoms with Crippen LogP contribution in [0.5, 0.6) is 0 Å². The molecule has 1 aromatic rings.